The van der Waals surface area contributed by atoms with Crippen molar-refractivity contribution in [3.05, 3.63) is 23.3 Å². The van der Waals surface area contributed by atoms with Crippen LogP contribution in [0.1, 0.15) is 35.2 Å². The number of rotatable bonds is 4. The van der Waals surface area contributed by atoms with Crippen LogP contribution in [0.3, 0.4) is 0 Å². The Hall–Kier alpha value is -1.62. The average molecular weight is 321 g/mol. The molecular weight excluding hydrogens is 297 g/mol. The molecule has 1 aromatic rings. The third-order valence-electron chi connectivity index (χ3n) is 5.21. The SMILES string of the molecule is COc1cc2c(cc1OC)C(=O)C(CC1(F)CCN(C)CC1)C2. The molecule has 0 amide bonds. The summed E-state index contributed by atoms with van der Waals surface area (Å²) in [6.45, 7) is 1.51. The fraction of sp³-hybridized carbons (Fsp3) is 0.611. The monoisotopic (exact) mass is 321 g/mol. The van der Waals surface area contributed by atoms with Crippen molar-refractivity contribution in [2.75, 3.05) is 34.4 Å². The number of hydrogen-bond acceptors (Lipinski definition) is 4. The number of ether oxygens (including phenoxy) is 2. The Kier molecular flexibility index (Phi) is 4.32. The van der Waals surface area contributed by atoms with E-state index in [1.165, 1.54) is 0 Å². The van der Waals surface area contributed by atoms with Gasteiger partial charge in [0, 0.05) is 24.6 Å². The smallest absolute Gasteiger partial charge is 0.166 e. The first-order chi connectivity index (χ1) is 11.0. The lowest BCUT2D eigenvalue weighted by molar-refractivity contribution is 0.0437. The van der Waals surface area contributed by atoms with Gasteiger partial charge in [-0.25, -0.2) is 4.39 Å². The summed E-state index contributed by atoms with van der Waals surface area (Å²) >= 11 is 0. The molecule has 1 heterocycles. The lowest BCUT2D eigenvalue weighted by atomic mass is 9.83. The Morgan fingerprint density at radius 2 is 1.83 bits per heavy atom. The topological polar surface area (TPSA) is 38.8 Å². The molecule has 0 saturated carbocycles. The number of hydrogen-bond donors (Lipinski definition) is 0. The number of carbonyl (C=O) groups is 1. The number of methoxy groups -OCH3 is 2. The molecular formula is C18H24FNO3. The van der Waals surface area contributed by atoms with E-state index in [4.69, 9.17) is 9.47 Å². The van der Waals surface area contributed by atoms with Crippen LogP contribution in [0.4, 0.5) is 4.39 Å². The van der Waals surface area contributed by atoms with E-state index in [2.05, 4.69) is 4.90 Å². The number of ketones is 1. The summed E-state index contributed by atoms with van der Waals surface area (Å²) in [7, 11) is 5.14. The highest BCUT2D eigenvalue weighted by atomic mass is 19.1. The van der Waals surface area contributed by atoms with Gasteiger partial charge in [0.2, 0.25) is 0 Å². The maximum atomic E-state index is 15.1. The minimum absolute atomic E-state index is 0.0388. The van der Waals surface area contributed by atoms with Crippen LogP contribution < -0.4 is 9.47 Å². The molecule has 2 aliphatic rings. The van der Waals surface area contributed by atoms with Crippen LogP contribution in [0.5, 0.6) is 11.5 Å². The summed E-state index contributed by atoms with van der Waals surface area (Å²) in [5, 5.41) is 0. The maximum Gasteiger partial charge on any atom is 0.166 e. The first-order valence-electron chi connectivity index (χ1n) is 8.12. The molecule has 0 spiro atoms. The number of fused-ring (bicyclic) bond motifs is 1. The van der Waals surface area contributed by atoms with Gasteiger partial charge in [0.1, 0.15) is 5.67 Å². The molecule has 1 unspecified atom stereocenters. The van der Waals surface area contributed by atoms with Gasteiger partial charge in [-0.05, 0) is 50.4 Å². The number of carbonyl (C=O) groups excluding carboxylic acids is 1. The summed E-state index contributed by atoms with van der Waals surface area (Å²) in [6, 6.07) is 3.58. The lowest BCUT2D eigenvalue weighted by Crippen LogP contribution is -2.41. The number of alkyl halides is 1. The van der Waals surface area contributed by atoms with Crippen molar-refractivity contribution >= 4 is 5.78 Å². The predicted octanol–water partition coefficient (Wildman–Crippen LogP) is 2.88. The van der Waals surface area contributed by atoms with Gasteiger partial charge in [0.15, 0.2) is 17.3 Å². The van der Waals surface area contributed by atoms with Gasteiger partial charge in [0.05, 0.1) is 14.2 Å². The second-order valence-corrected chi connectivity index (χ2v) is 6.79. The molecule has 1 aliphatic heterocycles. The summed E-state index contributed by atoms with van der Waals surface area (Å²) in [5.41, 5.74) is 0.377. The largest absolute Gasteiger partial charge is 0.493 e. The zero-order chi connectivity index (χ0) is 16.6. The molecule has 0 radical (unpaired) electrons. The predicted molar refractivity (Wildman–Crippen MR) is 86.3 cm³/mol. The van der Waals surface area contributed by atoms with Gasteiger partial charge in [-0.3, -0.25) is 4.79 Å². The fourth-order valence-corrected chi connectivity index (χ4v) is 3.73. The fourth-order valence-electron chi connectivity index (χ4n) is 3.73. The number of piperidine rings is 1. The van der Waals surface area contributed by atoms with Crippen LogP contribution in [-0.2, 0) is 6.42 Å². The molecule has 0 bridgehead atoms. The average Bonchev–Trinajstić information content (AvgIpc) is 2.84. The third kappa shape index (κ3) is 3.07. The van der Waals surface area contributed by atoms with Gasteiger partial charge < -0.3 is 14.4 Å². The number of benzene rings is 1. The van der Waals surface area contributed by atoms with Gasteiger partial charge in [0.25, 0.3) is 0 Å². The molecule has 0 aromatic heterocycles. The zero-order valence-electron chi connectivity index (χ0n) is 14.0. The first-order valence-corrected chi connectivity index (χ1v) is 8.12. The molecule has 126 valence electrons. The van der Waals surface area contributed by atoms with Gasteiger partial charge in [-0.1, -0.05) is 0 Å². The minimum atomic E-state index is -1.22. The van der Waals surface area contributed by atoms with Crippen molar-refractivity contribution in [3.63, 3.8) is 0 Å². The van der Waals surface area contributed by atoms with Crippen LogP contribution in [-0.4, -0.2) is 50.7 Å². The Labute approximate surface area is 136 Å². The Morgan fingerprint density at radius 1 is 1.22 bits per heavy atom. The molecule has 1 saturated heterocycles. The van der Waals surface area contributed by atoms with Crippen LogP contribution in [0, 0.1) is 5.92 Å². The number of likely N-dealkylation sites (tertiary alicyclic amines) is 1. The van der Waals surface area contributed by atoms with Gasteiger partial charge >= 0.3 is 0 Å². The lowest BCUT2D eigenvalue weighted by Gasteiger charge is -2.35. The van der Waals surface area contributed by atoms with E-state index in [1.54, 1.807) is 20.3 Å². The molecule has 1 fully saturated rings. The zero-order valence-corrected chi connectivity index (χ0v) is 14.0. The molecule has 23 heavy (non-hydrogen) atoms. The number of nitrogens with zero attached hydrogens (tertiary/aromatic N) is 1. The third-order valence-corrected chi connectivity index (χ3v) is 5.21. The van der Waals surface area contributed by atoms with E-state index in [-0.39, 0.29) is 11.7 Å². The molecule has 4 nitrogen and oxygen atoms in total. The van der Waals surface area contributed by atoms with E-state index in [1.807, 2.05) is 13.1 Å². The van der Waals surface area contributed by atoms with E-state index in [9.17, 15) is 4.79 Å². The Balaban J connectivity index is 1.78. The Bertz CT molecular complexity index is 609. The van der Waals surface area contributed by atoms with Gasteiger partial charge in [-0.15, -0.1) is 0 Å². The first kappa shape index (κ1) is 16.2. The molecule has 0 N–H and O–H groups in total. The van der Waals surface area contributed by atoms with Crippen LogP contribution in [0.15, 0.2) is 12.1 Å². The Morgan fingerprint density at radius 3 is 2.43 bits per heavy atom. The summed E-state index contributed by atoms with van der Waals surface area (Å²) < 4.78 is 25.6. The van der Waals surface area contributed by atoms with E-state index in [0.29, 0.717) is 42.7 Å². The van der Waals surface area contributed by atoms with Crippen molar-refractivity contribution in [2.45, 2.75) is 31.4 Å². The quantitative estimate of drug-likeness (QED) is 0.855. The van der Waals surface area contributed by atoms with Crippen molar-refractivity contribution in [1.82, 2.24) is 4.90 Å². The van der Waals surface area contributed by atoms with Crippen molar-refractivity contribution < 1.29 is 18.7 Å². The molecule has 1 aromatic carbocycles. The minimum Gasteiger partial charge on any atom is -0.493 e. The van der Waals surface area contributed by atoms with Crippen LogP contribution >= 0.6 is 0 Å². The highest BCUT2D eigenvalue weighted by Gasteiger charge is 2.41. The summed E-state index contributed by atoms with van der Waals surface area (Å²) in [5.74, 6) is 0.940. The number of Topliss-reactive ketones (excluding diaryl/α,β-unsaturated/α-hetero) is 1. The molecule has 1 atom stereocenters. The standard InChI is InChI=1S/C18H24FNO3/c1-20-6-4-18(19,5-7-20)11-13-8-12-9-15(22-2)16(23-3)10-14(12)17(13)21/h9-10,13H,4-8,11H2,1-3H3. The summed E-state index contributed by atoms with van der Waals surface area (Å²) in [6.07, 6.45) is 1.93. The normalized spacial score (nSPS) is 23.7. The summed E-state index contributed by atoms with van der Waals surface area (Å²) in [4.78, 5) is 14.8. The highest BCUT2D eigenvalue weighted by Crippen LogP contribution is 2.41. The number of halogens is 1. The van der Waals surface area contributed by atoms with E-state index in [0.717, 1.165) is 18.7 Å². The van der Waals surface area contributed by atoms with Crippen molar-refractivity contribution in [1.29, 1.82) is 0 Å². The second kappa shape index (κ2) is 6.11. The van der Waals surface area contributed by atoms with Gasteiger partial charge in [-0.2, -0.15) is 0 Å². The molecule has 3 rings (SSSR count). The molecule has 1 aliphatic carbocycles. The van der Waals surface area contributed by atoms with E-state index < -0.39 is 5.67 Å². The van der Waals surface area contributed by atoms with Crippen LogP contribution in [0.25, 0.3) is 0 Å². The van der Waals surface area contributed by atoms with Crippen molar-refractivity contribution in [2.24, 2.45) is 5.92 Å². The highest BCUT2D eigenvalue weighted by molar-refractivity contribution is 6.03. The second-order valence-electron chi connectivity index (χ2n) is 6.79. The van der Waals surface area contributed by atoms with E-state index >= 15 is 4.39 Å². The maximum absolute atomic E-state index is 15.1. The van der Waals surface area contributed by atoms with Crippen molar-refractivity contribution in [3.8, 4) is 11.5 Å². The molecule has 5 heteroatoms. The van der Waals surface area contributed by atoms with Crippen LogP contribution in [0.2, 0.25) is 0 Å².